The second kappa shape index (κ2) is 6.70. The quantitative estimate of drug-likeness (QED) is 0.858. The van der Waals surface area contributed by atoms with Crippen molar-refractivity contribution >= 4 is 17.4 Å². The van der Waals surface area contributed by atoms with Gasteiger partial charge in [-0.1, -0.05) is 29.8 Å². The van der Waals surface area contributed by atoms with E-state index in [4.69, 9.17) is 4.74 Å². The molecule has 1 amide bonds. The molecule has 0 atom stereocenters. The first-order valence-electron chi connectivity index (χ1n) is 6.62. The van der Waals surface area contributed by atoms with Gasteiger partial charge in [-0.05, 0) is 36.8 Å². The average molecular weight is 283 g/mol. The molecule has 1 N–H and O–H groups in total. The van der Waals surface area contributed by atoms with Gasteiger partial charge in [0.1, 0.15) is 5.75 Å². The van der Waals surface area contributed by atoms with Crippen molar-refractivity contribution in [3.8, 4) is 5.75 Å². The fourth-order valence-electron chi connectivity index (χ4n) is 1.85. The number of methoxy groups -OCH3 is 1. The van der Waals surface area contributed by atoms with E-state index in [1.54, 1.807) is 31.4 Å². The summed E-state index contributed by atoms with van der Waals surface area (Å²) in [4.78, 5) is 23.7. The topological polar surface area (TPSA) is 55.4 Å². The van der Waals surface area contributed by atoms with Crippen LogP contribution in [-0.4, -0.2) is 18.8 Å². The first-order valence-corrected chi connectivity index (χ1v) is 6.62. The van der Waals surface area contributed by atoms with Crippen LogP contribution in [0, 0.1) is 6.92 Å². The Morgan fingerprint density at radius 3 is 2.19 bits per heavy atom. The lowest BCUT2D eigenvalue weighted by atomic mass is 10.1. The summed E-state index contributed by atoms with van der Waals surface area (Å²) in [6.45, 7) is 1.97. The lowest BCUT2D eigenvalue weighted by Gasteiger charge is -2.06. The largest absolute Gasteiger partial charge is 0.497 e. The van der Waals surface area contributed by atoms with Gasteiger partial charge < -0.3 is 10.1 Å². The van der Waals surface area contributed by atoms with Crippen molar-refractivity contribution in [2.24, 2.45) is 0 Å². The van der Waals surface area contributed by atoms with Gasteiger partial charge in [0.15, 0.2) is 0 Å². The number of hydrogen-bond acceptors (Lipinski definition) is 3. The van der Waals surface area contributed by atoms with E-state index in [2.05, 4.69) is 5.32 Å². The Morgan fingerprint density at radius 1 is 1.00 bits per heavy atom. The number of ketones is 1. The van der Waals surface area contributed by atoms with Gasteiger partial charge in [-0.2, -0.15) is 0 Å². The monoisotopic (exact) mass is 283 g/mol. The van der Waals surface area contributed by atoms with Crippen LogP contribution in [0.5, 0.6) is 5.75 Å². The number of hydrogen-bond donors (Lipinski definition) is 1. The molecule has 2 rings (SSSR count). The first-order chi connectivity index (χ1) is 10.1. The van der Waals surface area contributed by atoms with Crippen LogP contribution in [0.15, 0.2) is 48.5 Å². The van der Waals surface area contributed by atoms with E-state index in [0.29, 0.717) is 11.4 Å². The normalized spacial score (nSPS) is 10.0. The van der Waals surface area contributed by atoms with Crippen LogP contribution in [0.1, 0.15) is 11.1 Å². The zero-order valence-electron chi connectivity index (χ0n) is 12.1. The van der Waals surface area contributed by atoms with E-state index in [1.165, 1.54) is 0 Å². The molecular weight excluding hydrogens is 266 g/mol. The Labute approximate surface area is 123 Å². The number of ether oxygens (including phenoxy) is 1. The number of nitrogens with one attached hydrogen (secondary N) is 1. The van der Waals surface area contributed by atoms with E-state index in [1.807, 2.05) is 31.2 Å². The minimum atomic E-state index is -0.610. The summed E-state index contributed by atoms with van der Waals surface area (Å²) in [5.74, 6) is -0.380. The molecule has 0 saturated heterocycles. The van der Waals surface area contributed by atoms with Crippen molar-refractivity contribution in [3.63, 3.8) is 0 Å². The highest BCUT2D eigenvalue weighted by Gasteiger charge is 2.14. The van der Waals surface area contributed by atoms with Crippen molar-refractivity contribution in [2.75, 3.05) is 12.4 Å². The molecule has 4 nitrogen and oxygen atoms in total. The number of rotatable bonds is 5. The van der Waals surface area contributed by atoms with Crippen LogP contribution in [0.25, 0.3) is 0 Å². The Balaban J connectivity index is 1.95. The molecule has 0 aromatic heterocycles. The number of amides is 1. The van der Waals surface area contributed by atoms with Crippen LogP contribution < -0.4 is 10.1 Å². The maximum atomic E-state index is 11.9. The second-order valence-corrected chi connectivity index (χ2v) is 4.77. The van der Waals surface area contributed by atoms with Crippen molar-refractivity contribution in [1.82, 2.24) is 0 Å². The van der Waals surface area contributed by atoms with Gasteiger partial charge in [0.05, 0.1) is 7.11 Å². The van der Waals surface area contributed by atoms with Crippen molar-refractivity contribution < 1.29 is 14.3 Å². The minimum absolute atomic E-state index is 0.0995. The molecule has 0 unspecified atom stereocenters. The van der Waals surface area contributed by atoms with Gasteiger partial charge in [-0.15, -0.1) is 0 Å². The molecule has 4 heteroatoms. The molecule has 0 aliphatic rings. The summed E-state index contributed by atoms with van der Waals surface area (Å²) in [7, 11) is 1.57. The van der Waals surface area contributed by atoms with Crippen molar-refractivity contribution in [3.05, 3.63) is 59.7 Å². The van der Waals surface area contributed by atoms with E-state index >= 15 is 0 Å². The zero-order valence-corrected chi connectivity index (χ0v) is 12.1. The third-order valence-corrected chi connectivity index (χ3v) is 3.09. The van der Waals surface area contributed by atoms with E-state index in [9.17, 15) is 9.59 Å². The highest BCUT2D eigenvalue weighted by atomic mass is 16.5. The fraction of sp³-hybridized carbons (Fsp3) is 0.176. The molecule has 0 aliphatic carbocycles. The van der Waals surface area contributed by atoms with Gasteiger partial charge in [0, 0.05) is 12.1 Å². The summed E-state index contributed by atoms with van der Waals surface area (Å²) >= 11 is 0. The van der Waals surface area contributed by atoms with Crippen LogP contribution in [0.2, 0.25) is 0 Å². The summed E-state index contributed by atoms with van der Waals surface area (Å²) in [5.41, 5.74) is 2.52. The number of carbonyl (C=O) groups excluding carboxylic acids is 2. The second-order valence-electron chi connectivity index (χ2n) is 4.77. The Morgan fingerprint density at radius 2 is 1.62 bits per heavy atom. The number of anilines is 1. The highest BCUT2D eigenvalue weighted by molar-refractivity contribution is 6.41. The van der Waals surface area contributed by atoms with Gasteiger partial charge in [0.25, 0.3) is 5.91 Å². The van der Waals surface area contributed by atoms with Gasteiger partial charge in [-0.3, -0.25) is 9.59 Å². The molecule has 0 aliphatic heterocycles. The molecule has 0 radical (unpaired) electrons. The van der Waals surface area contributed by atoms with E-state index in [0.717, 1.165) is 11.1 Å². The first kappa shape index (κ1) is 14.8. The third-order valence-electron chi connectivity index (χ3n) is 3.09. The maximum absolute atomic E-state index is 11.9. The summed E-state index contributed by atoms with van der Waals surface area (Å²) in [6, 6.07) is 14.4. The highest BCUT2D eigenvalue weighted by Crippen LogP contribution is 2.15. The summed E-state index contributed by atoms with van der Waals surface area (Å²) in [5, 5.41) is 2.58. The Hall–Kier alpha value is -2.62. The Kier molecular flexibility index (Phi) is 4.72. The number of aryl methyl sites for hydroxylation is 1. The molecule has 2 aromatic rings. The molecule has 0 bridgehead atoms. The predicted molar refractivity (Wildman–Crippen MR) is 81.5 cm³/mol. The van der Waals surface area contributed by atoms with Crippen LogP contribution in [0.4, 0.5) is 5.69 Å². The van der Waals surface area contributed by atoms with Gasteiger partial charge in [0.2, 0.25) is 5.78 Å². The molecule has 21 heavy (non-hydrogen) atoms. The molecule has 0 fully saturated rings. The lowest BCUT2D eigenvalue weighted by molar-refractivity contribution is -0.134. The standard InChI is InChI=1S/C17H17NO3/c1-12-3-5-13(6-4-12)11-16(19)17(20)18-14-7-9-15(21-2)10-8-14/h3-10H,11H2,1-2H3,(H,18,20). The zero-order chi connectivity index (χ0) is 15.2. The summed E-state index contributed by atoms with van der Waals surface area (Å²) in [6.07, 6.45) is 0.0995. The van der Waals surface area contributed by atoms with Crippen molar-refractivity contribution in [2.45, 2.75) is 13.3 Å². The SMILES string of the molecule is COc1ccc(NC(=O)C(=O)Cc2ccc(C)cc2)cc1. The number of Topliss-reactive ketones (excluding diaryl/α,β-unsaturated/α-hetero) is 1. The van der Waals surface area contributed by atoms with E-state index in [-0.39, 0.29) is 6.42 Å². The maximum Gasteiger partial charge on any atom is 0.292 e. The molecule has 0 saturated carbocycles. The summed E-state index contributed by atoms with van der Waals surface area (Å²) < 4.78 is 5.03. The average Bonchev–Trinajstić information content (AvgIpc) is 2.50. The third kappa shape index (κ3) is 4.18. The smallest absolute Gasteiger partial charge is 0.292 e. The van der Waals surface area contributed by atoms with Crippen LogP contribution in [-0.2, 0) is 16.0 Å². The number of benzene rings is 2. The predicted octanol–water partition coefficient (Wildman–Crippen LogP) is 2.75. The fourth-order valence-corrected chi connectivity index (χ4v) is 1.85. The molecule has 0 spiro atoms. The molecule has 108 valence electrons. The lowest BCUT2D eigenvalue weighted by Crippen LogP contribution is -2.24. The molecule has 0 heterocycles. The molecular formula is C17H17NO3. The Bertz CT molecular complexity index is 630. The minimum Gasteiger partial charge on any atom is -0.497 e. The van der Waals surface area contributed by atoms with E-state index < -0.39 is 11.7 Å². The van der Waals surface area contributed by atoms with Crippen LogP contribution >= 0.6 is 0 Å². The van der Waals surface area contributed by atoms with Crippen molar-refractivity contribution in [1.29, 1.82) is 0 Å². The molecule has 2 aromatic carbocycles. The van der Waals surface area contributed by atoms with Gasteiger partial charge >= 0.3 is 0 Å². The number of carbonyl (C=O) groups is 2. The van der Waals surface area contributed by atoms with Crippen LogP contribution in [0.3, 0.4) is 0 Å². The van der Waals surface area contributed by atoms with Gasteiger partial charge in [-0.25, -0.2) is 0 Å².